The van der Waals surface area contributed by atoms with Crippen LogP contribution in [0.25, 0.3) is 0 Å². The van der Waals surface area contributed by atoms with Crippen LogP contribution >= 0.6 is 0 Å². The Balaban J connectivity index is 2.49. The first-order valence-electron chi connectivity index (χ1n) is 6.41. The van der Waals surface area contributed by atoms with E-state index in [9.17, 15) is 5.26 Å². The first-order chi connectivity index (χ1) is 9.80. The average molecular weight is 267 g/mol. The van der Waals surface area contributed by atoms with Gasteiger partial charge in [0.15, 0.2) is 0 Å². The van der Waals surface area contributed by atoms with E-state index >= 15 is 0 Å². The first kappa shape index (κ1) is 14.1. The molecule has 3 heteroatoms. The summed E-state index contributed by atoms with van der Waals surface area (Å²) in [6, 6.07) is 16.1. The van der Waals surface area contributed by atoms with Gasteiger partial charge < -0.3 is 9.47 Å². The highest BCUT2D eigenvalue weighted by molar-refractivity contribution is 5.53. The van der Waals surface area contributed by atoms with Crippen LogP contribution in [-0.2, 0) is 17.8 Å². The quantitative estimate of drug-likeness (QED) is 0.834. The van der Waals surface area contributed by atoms with E-state index in [0.717, 1.165) is 16.7 Å². The Bertz CT molecular complexity index is 615. The molecule has 0 spiro atoms. The fraction of sp³-hybridized carbons (Fsp3) is 0.235. The minimum Gasteiger partial charge on any atom is -0.495 e. The molecule has 2 aromatic rings. The van der Waals surface area contributed by atoms with E-state index in [0.29, 0.717) is 24.3 Å². The lowest BCUT2D eigenvalue weighted by molar-refractivity contribution is 0.184. The van der Waals surface area contributed by atoms with E-state index < -0.39 is 0 Å². The summed E-state index contributed by atoms with van der Waals surface area (Å²) in [5.74, 6) is 0.610. The summed E-state index contributed by atoms with van der Waals surface area (Å²) in [5, 5.41) is 9.43. The molecule has 3 nitrogen and oxygen atoms in total. The van der Waals surface area contributed by atoms with Crippen LogP contribution in [0, 0.1) is 11.3 Å². The fourth-order valence-corrected chi connectivity index (χ4v) is 2.25. The van der Waals surface area contributed by atoms with Crippen LogP contribution in [0.1, 0.15) is 22.3 Å². The Morgan fingerprint density at radius 2 is 1.80 bits per heavy atom. The van der Waals surface area contributed by atoms with Crippen molar-refractivity contribution in [1.29, 1.82) is 5.26 Å². The molecule has 2 rings (SSSR count). The van der Waals surface area contributed by atoms with E-state index in [2.05, 4.69) is 18.2 Å². The van der Waals surface area contributed by atoms with Gasteiger partial charge in [0.1, 0.15) is 11.8 Å². The van der Waals surface area contributed by atoms with E-state index in [1.807, 2.05) is 30.3 Å². The molecule has 0 saturated carbocycles. The molecule has 0 aliphatic carbocycles. The van der Waals surface area contributed by atoms with Crippen LogP contribution in [0.4, 0.5) is 0 Å². The second kappa shape index (κ2) is 6.74. The maximum absolute atomic E-state index is 9.43. The third kappa shape index (κ3) is 2.98. The highest BCUT2D eigenvalue weighted by atomic mass is 16.5. The lowest BCUT2D eigenvalue weighted by atomic mass is 9.95. The third-order valence-corrected chi connectivity index (χ3v) is 3.23. The van der Waals surface area contributed by atoms with Gasteiger partial charge in [-0.25, -0.2) is 0 Å². The molecule has 102 valence electrons. The normalized spacial score (nSPS) is 10.1. The summed E-state index contributed by atoms with van der Waals surface area (Å²) < 4.78 is 10.5. The Morgan fingerprint density at radius 3 is 2.40 bits per heavy atom. The maximum Gasteiger partial charge on any atom is 0.136 e. The fourth-order valence-electron chi connectivity index (χ4n) is 2.25. The Morgan fingerprint density at radius 1 is 1.05 bits per heavy atom. The lowest BCUT2D eigenvalue weighted by Gasteiger charge is -2.14. The number of benzene rings is 2. The molecule has 0 radical (unpaired) electrons. The van der Waals surface area contributed by atoms with Gasteiger partial charge in [0, 0.05) is 7.11 Å². The SMILES string of the molecule is COCc1ccc(OC)c(C#N)c1Cc1ccccc1. The Kier molecular flexibility index (Phi) is 4.75. The molecule has 0 unspecified atom stereocenters. The van der Waals surface area contributed by atoms with Crippen LogP contribution in [0.15, 0.2) is 42.5 Å². The van der Waals surface area contributed by atoms with Gasteiger partial charge in [0.2, 0.25) is 0 Å². The maximum atomic E-state index is 9.43. The summed E-state index contributed by atoms with van der Waals surface area (Å²) >= 11 is 0. The van der Waals surface area contributed by atoms with E-state index in [-0.39, 0.29) is 0 Å². The number of hydrogen-bond acceptors (Lipinski definition) is 3. The van der Waals surface area contributed by atoms with Crippen molar-refractivity contribution in [1.82, 2.24) is 0 Å². The Labute approximate surface area is 119 Å². The van der Waals surface area contributed by atoms with E-state index in [1.165, 1.54) is 0 Å². The molecule has 0 bridgehead atoms. The monoisotopic (exact) mass is 267 g/mol. The number of nitrogens with zero attached hydrogens (tertiary/aromatic N) is 1. The molecule has 0 aromatic heterocycles. The van der Waals surface area contributed by atoms with Crippen molar-refractivity contribution in [3.05, 3.63) is 64.7 Å². The van der Waals surface area contributed by atoms with Crippen molar-refractivity contribution >= 4 is 0 Å². The smallest absolute Gasteiger partial charge is 0.136 e. The highest BCUT2D eigenvalue weighted by Gasteiger charge is 2.14. The molecule has 0 N–H and O–H groups in total. The number of ether oxygens (including phenoxy) is 2. The number of nitriles is 1. The lowest BCUT2D eigenvalue weighted by Crippen LogP contribution is -2.03. The highest BCUT2D eigenvalue weighted by Crippen LogP contribution is 2.27. The van der Waals surface area contributed by atoms with Gasteiger partial charge in [-0.15, -0.1) is 0 Å². The van der Waals surface area contributed by atoms with E-state index in [4.69, 9.17) is 9.47 Å². The van der Waals surface area contributed by atoms with Gasteiger partial charge in [-0.2, -0.15) is 5.26 Å². The second-order valence-corrected chi connectivity index (χ2v) is 4.49. The average Bonchev–Trinajstić information content (AvgIpc) is 2.49. The zero-order valence-electron chi connectivity index (χ0n) is 11.7. The molecule has 2 aromatic carbocycles. The summed E-state index contributed by atoms with van der Waals surface area (Å²) in [7, 11) is 3.24. The Hall–Kier alpha value is -2.31. The minimum absolute atomic E-state index is 0.487. The van der Waals surface area contributed by atoms with E-state index in [1.54, 1.807) is 14.2 Å². The molecule has 0 fully saturated rings. The van der Waals surface area contributed by atoms with Crippen LogP contribution in [-0.4, -0.2) is 14.2 Å². The van der Waals surface area contributed by atoms with Crippen molar-refractivity contribution < 1.29 is 9.47 Å². The summed E-state index contributed by atoms with van der Waals surface area (Å²) in [6.07, 6.45) is 0.694. The molecule has 0 amide bonds. The van der Waals surface area contributed by atoms with Crippen molar-refractivity contribution in [2.45, 2.75) is 13.0 Å². The van der Waals surface area contributed by atoms with Crippen LogP contribution < -0.4 is 4.74 Å². The van der Waals surface area contributed by atoms with Crippen LogP contribution in [0.2, 0.25) is 0 Å². The molecule has 0 saturated heterocycles. The van der Waals surface area contributed by atoms with Crippen LogP contribution in [0.3, 0.4) is 0 Å². The number of hydrogen-bond donors (Lipinski definition) is 0. The van der Waals surface area contributed by atoms with Gasteiger partial charge in [-0.05, 0) is 29.2 Å². The zero-order chi connectivity index (χ0) is 14.4. The van der Waals surface area contributed by atoms with Gasteiger partial charge in [0.05, 0.1) is 19.3 Å². The predicted molar refractivity (Wildman–Crippen MR) is 77.7 cm³/mol. The predicted octanol–water partition coefficient (Wildman–Crippen LogP) is 3.30. The molecular weight excluding hydrogens is 250 g/mol. The molecule has 0 atom stereocenters. The van der Waals surface area contributed by atoms with Gasteiger partial charge in [0.25, 0.3) is 0 Å². The summed E-state index contributed by atoms with van der Waals surface area (Å²) in [5.41, 5.74) is 3.74. The molecule has 0 aliphatic heterocycles. The standard InChI is InChI=1S/C17H17NO2/c1-19-12-14-8-9-17(20-2)16(11-18)15(14)10-13-6-4-3-5-7-13/h3-9H,10,12H2,1-2H3. The number of rotatable bonds is 5. The molecule has 0 heterocycles. The van der Waals surface area contributed by atoms with Gasteiger partial charge >= 0.3 is 0 Å². The molecule has 20 heavy (non-hydrogen) atoms. The van der Waals surface area contributed by atoms with Crippen molar-refractivity contribution in [2.75, 3.05) is 14.2 Å². The zero-order valence-corrected chi connectivity index (χ0v) is 11.7. The summed E-state index contributed by atoms with van der Waals surface area (Å²) in [6.45, 7) is 0.487. The molecular formula is C17H17NO2. The van der Waals surface area contributed by atoms with Crippen LogP contribution in [0.5, 0.6) is 5.75 Å². The van der Waals surface area contributed by atoms with Crippen molar-refractivity contribution in [2.24, 2.45) is 0 Å². The molecule has 0 aliphatic rings. The van der Waals surface area contributed by atoms with Crippen molar-refractivity contribution in [3.8, 4) is 11.8 Å². The van der Waals surface area contributed by atoms with Crippen molar-refractivity contribution in [3.63, 3.8) is 0 Å². The number of methoxy groups -OCH3 is 2. The second-order valence-electron chi connectivity index (χ2n) is 4.49. The first-order valence-corrected chi connectivity index (χ1v) is 6.41. The summed E-state index contributed by atoms with van der Waals surface area (Å²) in [4.78, 5) is 0. The minimum atomic E-state index is 0.487. The van der Waals surface area contributed by atoms with Gasteiger partial charge in [-0.3, -0.25) is 0 Å². The third-order valence-electron chi connectivity index (χ3n) is 3.23. The van der Waals surface area contributed by atoms with Gasteiger partial charge in [-0.1, -0.05) is 36.4 Å². The largest absolute Gasteiger partial charge is 0.495 e. The topological polar surface area (TPSA) is 42.2 Å².